The minimum absolute atomic E-state index is 4.10. The normalized spacial score (nSPS) is 12.0. The first kappa shape index (κ1) is 13.9. The molecule has 64 valence electrons. The van der Waals surface area contributed by atoms with E-state index >= 15 is 0 Å². The first-order valence-electron chi connectivity index (χ1n) is 1.51. The lowest BCUT2D eigenvalue weighted by atomic mass is 18.8. The first-order chi connectivity index (χ1) is 4.00. The highest BCUT2D eigenvalue weighted by Gasteiger charge is 2.28. The van der Waals surface area contributed by atoms with Gasteiger partial charge in [0.15, 0.2) is 0 Å². The summed E-state index contributed by atoms with van der Waals surface area (Å²) in [6.07, 6.45) is 0. The van der Waals surface area contributed by atoms with E-state index < -0.39 is 14.7 Å². The van der Waals surface area contributed by atoms with E-state index in [4.69, 9.17) is 0 Å². The Morgan fingerprint density at radius 1 is 0.600 bits per heavy atom. The van der Waals surface area contributed by atoms with E-state index in [9.17, 15) is 16.4 Å². The zero-order chi connectivity index (χ0) is 9.00. The van der Waals surface area contributed by atoms with Crippen LogP contribution in [-0.4, -0.2) is 14.7 Å². The second-order valence-electron chi connectivity index (χ2n) is 0.857. The quantitative estimate of drug-likeness (QED) is 0.359. The van der Waals surface area contributed by atoms with Gasteiger partial charge in [0.1, 0.15) is 0 Å². The number of halogens is 8. The Kier molecular flexibility index (Phi) is 7.00. The fraction of sp³-hybridized carbons (Fsp3) is 0. The van der Waals surface area contributed by atoms with Crippen molar-refractivity contribution in [3.05, 3.63) is 0 Å². The van der Waals surface area contributed by atoms with Crippen molar-refractivity contribution in [2.24, 2.45) is 0 Å². The summed E-state index contributed by atoms with van der Waals surface area (Å²) >= 11 is 16.4. The zero-order valence-corrected chi connectivity index (χ0v) is 9.05. The summed E-state index contributed by atoms with van der Waals surface area (Å²) < 4.78 is 42.8. The van der Waals surface area contributed by atoms with E-state index in [0.717, 1.165) is 0 Å². The van der Waals surface area contributed by atoms with Gasteiger partial charge in [-0.25, -0.2) is 16.4 Å². The molecule has 0 unspecified atom stereocenters. The average molecular weight is 274 g/mol. The lowest BCUT2D eigenvalue weighted by molar-refractivity contribution is 0.681. The van der Waals surface area contributed by atoms with Gasteiger partial charge in [-0.1, -0.05) is 44.3 Å². The van der Waals surface area contributed by atoms with Crippen molar-refractivity contribution in [1.82, 2.24) is 0 Å². The standard InChI is InChI=1S/2Cl2F2Si/c2*1-5(2,3)4. The second kappa shape index (κ2) is 5.05. The fourth-order valence-corrected chi connectivity index (χ4v) is 0. The van der Waals surface area contributed by atoms with Crippen LogP contribution in [0.3, 0.4) is 0 Å². The molecule has 10 heteroatoms. The van der Waals surface area contributed by atoms with Crippen LogP contribution in [0.4, 0.5) is 16.4 Å². The van der Waals surface area contributed by atoms with Gasteiger partial charge in [0.05, 0.1) is 0 Å². The molecule has 0 spiro atoms. The van der Waals surface area contributed by atoms with Crippen LogP contribution in [0.25, 0.3) is 0 Å². The monoisotopic (exact) mass is 272 g/mol. The lowest BCUT2D eigenvalue weighted by Gasteiger charge is -1.80. The molecule has 0 heterocycles. The third kappa shape index (κ3) is 373. The van der Waals surface area contributed by atoms with Crippen LogP contribution < -0.4 is 0 Å². The van der Waals surface area contributed by atoms with Gasteiger partial charge in [-0.05, 0) is 0 Å². The Balaban J connectivity index is 0. The molecule has 0 bridgehead atoms. The molecule has 0 aliphatic carbocycles. The first-order valence-corrected chi connectivity index (χ1v) is 9.07. The molecule has 0 fully saturated rings. The molecule has 10 heavy (non-hydrogen) atoms. The highest BCUT2D eigenvalue weighted by molar-refractivity contribution is 7.39. The largest absolute Gasteiger partial charge is 0.627 e. The van der Waals surface area contributed by atoms with Gasteiger partial charge in [0, 0.05) is 0 Å². The van der Waals surface area contributed by atoms with Crippen molar-refractivity contribution in [3.8, 4) is 0 Å². The lowest BCUT2D eigenvalue weighted by Crippen LogP contribution is -1.97. The van der Waals surface area contributed by atoms with Gasteiger partial charge in [0.2, 0.25) is 0 Å². The van der Waals surface area contributed by atoms with Crippen molar-refractivity contribution < 1.29 is 16.4 Å². The highest BCUT2D eigenvalue weighted by atomic mass is 35.7. The molecule has 0 aromatic heterocycles. The van der Waals surface area contributed by atoms with E-state index in [-0.39, 0.29) is 0 Å². The maximum Gasteiger partial charge on any atom is 0.627 e. The molecular weight excluding hydrogens is 274 g/mol. The molecule has 0 aromatic carbocycles. The Labute approximate surface area is 75.5 Å². The Morgan fingerprint density at radius 2 is 0.600 bits per heavy atom. The van der Waals surface area contributed by atoms with Crippen LogP contribution in [0.1, 0.15) is 0 Å². The molecule has 0 aliphatic rings. The van der Waals surface area contributed by atoms with Crippen LogP contribution in [0, 0.1) is 0 Å². The topological polar surface area (TPSA) is 0 Å². The van der Waals surface area contributed by atoms with Crippen molar-refractivity contribution in [1.29, 1.82) is 0 Å². The van der Waals surface area contributed by atoms with Gasteiger partial charge in [0.25, 0.3) is 0 Å². The summed E-state index contributed by atoms with van der Waals surface area (Å²) in [5, 5.41) is 0. The molecule has 0 aromatic rings. The maximum atomic E-state index is 10.7. The summed E-state index contributed by atoms with van der Waals surface area (Å²) in [5.41, 5.74) is 0. The SMILES string of the molecule is F[Si](F)(Cl)Cl.F[Si](F)(Cl)Cl. The summed E-state index contributed by atoms with van der Waals surface area (Å²) in [6, 6.07) is 0. The van der Waals surface area contributed by atoms with Gasteiger partial charge in [-0.2, -0.15) is 0 Å². The molecule has 0 atom stereocenters. The zero-order valence-electron chi connectivity index (χ0n) is 4.02. The Hall–Kier alpha value is 1.31. The predicted octanol–water partition coefficient (Wildman–Crippen LogP) is 3.68. The van der Waals surface area contributed by atoms with Crippen LogP contribution in [-0.2, 0) is 0 Å². The summed E-state index contributed by atoms with van der Waals surface area (Å²) in [6.45, 7) is 0. The predicted molar refractivity (Wildman–Crippen MR) is 39.4 cm³/mol. The van der Waals surface area contributed by atoms with Crippen molar-refractivity contribution in [2.45, 2.75) is 0 Å². The van der Waals surface area contributed by atoms with Crippen LogP contribution in [0.5, 0.6) is 0 Å². The van der Waals surface area contributed by atoms with Crippen molar-refractivity contribution in [2.75, 3.05) is 0 Å². The maximum absolute atomic E-state index is 10.7. The highest BCUT2D eigenvalue weighted by Crippen LogP contribution is 2.15. The molecule has 0 nitrogen and oxygen atoms in total. The van der Waals surface area contributed by atoms with Crippen LogP contribution in [0.15, 0.2) is 0 Å². The molecular formula is Cl4F4Si2. The number of rotatable bonds is 0. The Morgan fingerprint density at radius 3 is 0.600 bits per heavy atom. The summed E-state index contributed by atoms with van der Waals surface area (Å²) in [7, 11) is -9.33. The fourth-order valence-electron chi connectivity index (χ4n) is 0. The van der Waals surface area contributed by atoms with E-state index in [0.29, 0.717) is 0 Å². The van der Waals surface area contributed by atoms with Crippen molar-refractivity contribution in [3.63, 3.8) is 0 Å². The van der Waals surface area contributed by atoms with Gasteiger partial charge < -0.3 is 0 Å². The van der Waals surface area contributed by atoms with E-state index in [2.05, 4.69) is 44.3 Å². The molecule has 0 aliphatic heterocycles. The van der Waals surface area contributed by atoms with Gasteiger partial charge in [-0.15, -0.1) is 0 Å². The average Bonchev–Trinajstić information content (AvgIpc) is 1.12. The molecule has 0 radical (unpaired) electrons. The van der Waals surface area contributed by atoms with Gasteiger partial charge >= 0.3 is 14.7 Å². The molecule has 0 amide bonds. The second-order valence-corrected chi connectivity index (χ2v) is 9.43. The van der Waals surface area contributed by atoms with E-state index in [1.807, 2.05) is 0 Å². The third-order valence-corrected chi connectivity index (χ3v) is 0. The molecule has 0 N–H and O–H groups in total. The van der Waals surface area contributed by atoms with Gasteiger partial charge in [-0.3, -0.25) is 0 Å². The summed E-state index contributed by atoms with van der Waals surface area (Å²) in [5.74, 6) is 0. The number of hydrogen-bond donors (Lipinski definition) is 0. The molecule has 0 rings (SSSR count). The van der Waals surface area contributed by atoms with E-state index in [1.165, 1.54) is 0 Å². The van der Waals surface area contributed by atoms with Crippen LogP contribution in [0.2, 0.25) is 0 Å². The van der Waals surface area contributed by atoms with E-state index in [1.54, 1.807) is 0 Å². The minimum atomic E-state index is -4.67. The molecule has 0 saturated heterocycles. The summed E-state index contributed by atoms with van der Waals surface area (Å²) in [4.78, 5) is 0. The Bertz CT molecular complexity index is 58.2. The molecule has 0 saturated carbocycles. The smallest absolute Gasteiger partial charge is 0.239 e. The minimum Gasteiger partial charge on any atom is -0.239 e. The van der Waals surface area contributed by atoms with Crippen LogP contribution >= 0.6 is 44.3 Å². The number of hydrogen-bond acceptors (Lipinski definition) is 0. The van der Waals surface area contributed by atoms with Crippen molar-refractivity contribution >= 4 is 59.0 Å². The third-order valence-electron chi connectivity index (χ3n) is 0.